The third-order valence-electron chi connectivity index (χ3n) is 4.36. The summed E-state index contributed by atoms with van der Waals surface area (Å²) in [5, 5.41) is 11.9. The summed E-state index contributed by atoms with van der Waals surface area (Å²) in [4.78, 5) is 14.1. The number of piperidine rings is 1. The number of benzene rings is 1. The maximum Gasteiger partial charge on any atom is 0.321 e. The number of urea groups is 1. The number of likely N-dealkylation sites (tertiary alicyclic amines) is 1. The van der Waals surface area contributed by atoms with Crippen molar-refractivity contribution in [1.29, 1.82) is 0 Å². The van der Waals surface area contributed by atoms with Crippen molar-refractivity contribution in [3.63, 3.8) is 0 Å². The van der Waals surface area contributed by atoms with Crippen LogP contribution in [0.1, 0.15) is 12.8 Å². The molecule has 1 aliphatic heterocycles. The van der Waals surface area contributed by atoms with Crippen LogP contribution >= 0.6 is 0 Å². The highest BCUT2D eigenvalue weighted by molar-refractivity contribution is 7.89. The molecule has 1 aliphatic rings. The predicted octanol–water partition coefficient (Wildman–Crippen LogP) is 1.73. The first-order valence-electron chi connectivity index (χ1n) is 8.22. The summed E-state index contributed by atoms with van der Waals surface area (Å²) in [5.74, 6) is 0.265. The van der Waals surface area contributed by atoms with Crippen molar-refractivity contribution in [2.75, 3.05) is 38.6 Å². The van der Waals surface area contributed by atoms with Gasteiger partial charge < -0.3 is 15.3 Å². The Bertz CT molecular complexity index is 695. The molecule has 0 radical (unpaired) electrons. The number of aliphatic hydroxyl groups is 1. The smallest absolute Gasteiger partial charge is 0.321 e. The average Bonchev–Trinajstić information content (AvgIpc) is 2.62. The van der Waals surface area contributed by atoms with E-state index in [-0.39, 0.29) is 30.0 Å². The quantitative estimate of drug-likeness (QED) is 0.749. The fourth-order valence-corrected chi connectivity index (χ4v) is 3.83. The van der Waals surface area contributed by atoms with Crippen molar-refractivity contribution in [3.05, 3.63) is 36.9 Å². The number of likely N-dealkylation sites (N-methyl/N-ethyl adjacent to an activating group) is 1. The minimum atomic E-state index is -3.56. The molecule has 0 aliphatic carbocycles. The van der Waals surface area contributed by atoms with Crippen molar-refractivity contribution in [3.8, 4) is 0 Å². The van der Waals surface area contributed by atoms with Gasteiger partial charge in [0.25, 0.3) is 0 Å². The van der Waals surface area contributed by atoms with Gasteiger partial charge in [-0.3, -0.25) is 0 Å². The maximum atomic E-state index is 12.3. The Morgan fingerprint density at radius 2 is 1.96 bits per heavy atom. The molecule has 0 atom stereocenters. The molecule has 2 N–H and O–H groups in total. The second-order valence-electron chi connectivity index (χ2n) is 6.14. The fourth-order valence-electron chi connectivity index (χ4n) is 2.69. The van der Waals surface area contributed by atoms with E-state index in [0.29, 0.717) is 18.8 Å². The SMILES string of the molecule is C=CCN(C)S(=O)(=O)c1ccc(NC(=O)N2CCC(CO)CC2)cc1. The number of amides is 2. The van der Waals surface area contributed by atoms with Crippen LogP contribution in [0.4, 0.5) is 10.5 Å². The first-order valence-corrected chi connectivity index (χ1v) is 9.66. The number of nitrogens with one attached hydrogen (secondary N) is 1. The second-order valence-corrected chi connectivity index (χ2v) is 8.19. The lowest BCUT2D eigenvalue weighted by molar-refractivity contribution is 0.143. The number of carbonyl (C=O) groups excluding carboxylic acids is 1. The summed E-state index contributed by atoms with van der Waals surface area (Å²) in [7, 11) is -2.07. The predicted molar refractivity (Wildman–Crippen MR) is 96.9 cm³/mol. The number of rotatable bonds is 6. The van der Waals surface area contributed by atoms with E-state index in [1.54, 1.807) is 17.0 Å². The Balaban J connectivity index is 1.98. The van der Waals surface area contributed by atoms with E-state index in [0.717, 1.165) is 12.8 Å². The molecule has 1 heterocycles. The molecule has 0 aromatic heterocycles. The number of aliphatic hydroxyl groups excluding tert-OH is 1. The number of anilines is 1. The molecule has 25 heavy (non-hydrogen) atoms. The van der Waals surface area contributed by atoms with Gasteiger partial charge in [0.15, 0.2) is 0 Å². The highest BCUT2D eigenvalue weighted by Gasteiger charge is 2.23. The Kier molecular flexibility index (Phi) is 6.57. The molecular weight excluding hydrogens is 342 g/mol. The molecular formula is C17H25N3O4S. The van der Waals surface area contributed by atoms with Crippen LogP contribution in [0.3, 0.4) is 0 Å². The van der Waals surface area contributed by atoms with Gasteiger partial charge in [0, 0.05) is 39.0 Å². The molecule has 0 spiro atoms. The van der Waals surface area contributed by atoms with Gasteiger partial charge in [0.2, 0.25) is 10.0 Å². The summed E-state index contributed by atoms with van der Waals surface area (Å²) >= 11 is 0. The van der Waals surface area contributed by atoms with Crippen LogP contribution in [0.15, 0.2) is 41.8 Å². The summed E-state index contributed by atoms with van der Waals surface area (Å²) in [6.07, 6.45) is 3.10. The molecule has 2 amide bonds. The lowest BCUT2D eigenvalue weighted by atomic mass is 9.98. The lowest BCUT2D eigenvalue weighted by Crippen LogP contribution is -2.41. The monoisotopic (exact) mass is 367 g/mol. The summed E-state index contributed by atoms with van der Waals surface area (Å²) in [6.45, 7) is 5.14. The average molecular weight is 367 g/mol. The van der Waals surface area contributed by atoms with Gasteiger partial charge in [-0.05, 0) is 43.0 Å². The highest BCUT2D eigenvalue weighted by Crippen LogP contribution is 2.20. The van der Waals surface area contributed by atoms with Crippen LogP contribution in [0, 0.1) is 5.92 Å². The topological polar surface area (TPSA) is 90.0 Å². The van der Waals surface area contributed by atoms with Crippen LogP contribution in [-0.2, 0) is 10.0 Å². The molecule has 138 valence electrons. The zero-order valence-electron chi connectivity index (χ0n) is 14.4. The molecule has 0 saturated carbocycles. The van der Waals surface area contributed by atoms with Gasteiger partial charge in [0.05, 0.1) is 4.90 Å². The van der Waals surface area contributed by atoms with Crippen LogP contribution in [0.5, 0.6) is 0 Å². The second kappa shape index (κ2) is 8.46. The van der Waals surface area contributed by atoms with Crippen molar-refractivity contribution in [1.82, 2.24) is 9.21 Å². The number of hydrogen-bond donors (Lipinski definition) is 2. The van der Waals surface area contributed by atoms with Gasteiger partial charge in [-0.25, -0.2) is 13.2 Å². The molecule has 0 bridgehead atoms. The Morgan fingerprint density at radius 3 is 2.48 bits per heavy atom. The minimum absolute atomic E-state index is 0.158. The van der Waals surface area contributed by atoms with Crippen LogP contribution in [-0.4, -0.2) is 62.0 Å². The normalized spacial score (nSPS) is 16.0. The Morgan fingerprint density at radius 1 is 1.36 bits per heavy atom. The lowest BCUT2D eigenvalue weighted by Gasteiger charge is -2.31. The Hall–Kier alpha value is -1.90. The van der Waals surface area contributed by atoms with E-state index in [1.165, 1.54) is 29.6 Å². The van der Waals surface area contributed by atoms with Gasteiger partial charge >= 0.3 is 6.03 Å². The third kappa shape index (κ3) is 4.81. The van der Waals surface area contributed by atoms with Crippen LogP contribution in [0.2, 0.25) is 0 Å². The maximum absolute atomic E-state index is 12.3. The molecule has 1 aromatic rings. The third-order valence-corrected chi connectivity index (χ3v) is 6.20. The van der Waals surface area contributed by atoms with Gasteiger partial charge in [-0.15, -0.1) is 6.58 Å². The first kappa shape index (κ1) is 19.4. The summed E-state index contributed by atoms with van der Waals surface area (Å²) in [6, 6.07) is 5.89. The molecule has 2 rings (SSSR count). The summed E-state index contributed by atoms with van der Waals surface area (Å²) in [5.41, 5.74) is 0.541. The number of nitrogens with zero attached hydrogens (tertiary/aromatic N) is 2. The van der Waals surface area contributed by atoms with E-state index in [2.05, 4.69) is 11.9 Å². The van der Waals surface area contributed by atoms with Crippen molar-refractivity contribution in [2.24, 2.45) is 5.92 Å². The molecule has 1 fully saturated rings. The molecule has 7 nitrogen and oxygen atoms in total. The van der Waals surface area contributed by atoms with Crippen molar-refractivity contribution in [2.45, 2.75) is 17.7 Å². The number of carbonyl (C=O) groups is 1. The van der Waals surface area contributed by atoms with E-state index in [4.69, 9.17) is 5.11 Å². The van der Waals surface area contributed by atoms with E-state index < -0.39 is 10.0 Å². The van der Waals surface area contributed by atoms with Crippen molar-refractivity contribution >= 4 is 21.7 Å². The molecule has 0 unspecified atom stereocenters. The number of hydrogen-bond acceptors (Lipinski definition) is 4. The van der Waals surface area contributed by atoms with E-state index >= 15 is 0 Å². The Labute approximate surface area is 149 Å². The standard InChI is InChI=1S/C17H25N3O4S/c1-3-10-19(2)25(23,24)16-6-4-15(5-7-16)18-17(22)20-11-8-14(13-21)9-12-20/h3-7,14,21H,1,8-13H2,2H3,(H,18,22). The first-order chi connectivity index (χ1) is 11.9. The zero-order valence-corrected chi connectivity index (χ0v) is 15.2. The van der Waals surface area contributed by atoms with Gasteiger partial charge in [-0.1, -0.05) is 6.08 Å². The highest BCUT2D eigenvalue weighted by atomic mass is 32.2. The van der Waals surface area contributed by atoms with Crippen LogP contribution < -0.4 is 5.32 Å². The largest absolute Gasteiger partial charge is 0.396 e. The molecule has 1 aromatic carbocycles. The number of sulfonamides is 1. The van der Waals surface area contributed by atoms with E-state index in [1.807, 2.05) is 0 Å². The van der Waals surface area contributed by atoms with Crippen LogP contribution in [0.25, 0.3) is 0 Å². The van der Waals surface area contributed by atoms with E-state index in [9.17, 15) is 13.2 Å². The van der Waals surface area contributed by atoms with Crippen molar-refractivity contribution < 1.29 is 18.3 Å². The minimum Gasteiger partial charge on any atom is -0.396 e. The molecule has 8 heteroatoms. The molecule has 1 saturated heterocycles. The van der Waals surface area contributed by atoms with Gasteiger partial charge in [0.1, 0.15) is 0 Å². The van der Waals surface area contributed by atoms with Gasteiger partial charge in [-0.2, -0.15) is 4.31 Å². The fraction of sp³-hybridized carbons (Fsp3) is 0.471. The zero-order chi connectivity index (χ0) is 18.4. The summed E-state index contributed by atoms with van der Waals surface area (Å²) < 4.78 is 25.9.